The summed E-state index contributed by atoms with van der Waals surface area (Å²) in [6.07, 6.45) is 0. The van der Waals surface area contributed by atoms with Crippen molar-refractivity contribution in [3.8, 4) is 5.75 Å². The molecule has 11 heavy (non-hydrogen) atoms. The molecule has 1 heterocycles. The molecule has 2 rings (SSSR count). The highest BCUT2D eigenvalue weighted by Gasteiger charge is 2.01. The Bertz CT molecular complexity index is 440. The number of hydrogen-bond acceptors (Lipinski definition) is 3. The molecular formula is C7H5NO3. The number of aromatic hydroxyl groups is 1. The van der Waals surface area contributed by atoms with Crippen LogP contribution in [0.3, 0.4) is 0 Å². The van der Waals surface area contributed by atoms with Crippen molar-refractivity contribution >= 4 is 10.9 Å². The van der Waals surface area contributed by atoms with Crippen LogP contribution in [0.2, 0.25) is 0 Å². The van der Waals surface area contributed by atoms with E-state index < -0.39 is 5.63 Å². The van der Waals surface area contributed by atoms with Gasteiger partial charge in [0.25, 0.3) is 0 Å². The van der Waals surface area contributed by atoms with Crippen molar-refractivity contribution < 1.29 is 9.63 Å². The fourth-order valence-electron chi connectivity index (χ4n) is 0.951. The first-order chi connectivity index (χ1) is 5.27. The van der Waals surface area contributed by atoms with E-state index in [1.165, 1.54) is 18.2 Å². The van der Waals surface area contributed by atoms with Crippen molar-refractivity contribution in [1.29, 1.82) is 0 Å². The van der Waals surface area contributed by atoms with Gasteiger partial charge in [-0.1, -0.05) is 0 Å². The second-order valence-corrected chi connectivity index (χ2v) is 2.22. The Kier molecular flexibility index (Phi) is 1.03. The van der Waals surface area contributed by atoms with Crippen molar-refractivity contribution in [3.63, 3.8) is 0 Å². The third-order valence-corrected chi connectivity index (χ3v) is 1.48. The van der Waals surface area contributed by atoms with Crippen LogP contribution in [-0.2, 0) is 0 Å². The largest absolute Gasteiger partial charge is 0.508 e. The lowest BCUT2D eigenvalue weighted by Gasteiger charge is -1.87. The van der Waals surface area contributed by atoms with Crippen LogP contribution in [0.1, 0.15) is 0 Å². The molecule has 0 saturated heterocycles. The third kappa shape index (κ3) is 0.797. The van der Waals surface area contributed by atoms with Crippen LogP contribution >= 0.6 is 0 Å². The molecule has 0 aliphatic rings. The quantitative estimate of drug-likeness (QED) is 0.585. The average molecular weight is 151 g/mol. The van der Waals surface area contributed by atoms with Gasteiger partial charge in [-0.25, -0.2) is 9.95 Å². The Balaban J connectivity index is 2.97. The first-order valence-electron chi connectivity index (χ1n) is 3.07. The molecular weight excluding hydrogens is 146 g/mol. The van der Waals surface area contributed by atoms with E-state index in [9.17, 15) is 4.79 Å². The summed E-state index contributed by atoms with van der Waals surface area (Å²) >= 11 is 0. The molecule has 0 fully saturated rings. The summed E-state index contributed by atoms with van der Waals surface area (Å²) in [5.74, 6) is 0.106. The van der Waals surface area contributed by atoms with Crippen molar-refractivity contribution in [1.82, 2.24) is 5.16 Å². The molecule has 0 atom stereocenters. The van der Waals surface area contributed by atoms with E-state index >= 15 is 0 Å². The van der Waals surface area contributed by atoms with Crippen LogP contribution in [0.25, 0.3) is 10.9 Å². The molecule has 1 aromatic heterocycles. The number of phenols is 1. The number of benzene rings is 1. The minimum Gasteiger partial charge on any atom is -0.508 e. The summed E-state index contributed by atoms with van der Waals surface area (Å²) in [7, 11) is 0. The monoisotopic (exact) mass is 151 g/mol. The SMILES string of the molecule is O=c1o[nH]c2cc(O)ccc12. The van der Waals surface area contributed by atoms with Crippen LogP contribution < -0.4 is 5.63 Å². The lowest BCUT2D eigenvalue weighted by Crippen LogP contribution is -1.89. The number of hydrogen-bond donors (Lipinski definition) is 2. The van der Waals surface area contributed by atoms with Crippen LogP contribution in [0.15, 0.2) is 27.5 Å². The number of phenolic OH excluding ortho intramolecular Hbond substituents is 1. The summed E-state index contributed by atoms with van der Waals surface area (Å²) in [5.41, 5.74) is 0.0926. The Morgan fingerprint density at radius 1 is 1.45 bits per heavy atom. The molecule has 0 saturated carbocycles. The Morgan fingerprint density at radius 2 is 2.27 bits per heavy atom. The Labute approximate surface area is 61.0 Å². The van der Waals surface area contributed by atoms with E-state index in [1.54, 1.807) is 0 Å². The van der Waals surface area contributed by atoms with Gasteiger partial charge in [0.1, 0.15) is 5.75 Å². The van der Waals surface area contributed by atoms with Gasteiger partial charge in [0.2, 0.25) is 0 Å². The van der Waals surface area contributed by atoms with Gasteiger partial charge in [0.15, 0.2) is 0 Å². The van der Waals surface area contributed by atoms with E-state index in [-0.39, 0.29) is 5.75 Å². The standard InChI is InChI=1S/C7H5NO3/c9-4-1-2-5-6(3-4)8-11-7(5)10/h1-3,8-9H. The van der Waals surface area contributed by atoms with Gasteiger partial charge in [-0.15, -0.1) is 0 Å². The first kappa shape index (κ1) is 6.03. The normalized spacial score (nSPS) is 10.5. The van der Waals surface area contributed by atoms with E-state index in [0.717, 1.165) is 0 Å². The van der Waals surface area contributed by atoms with Crippen LogP contribution in [0.4, 0.5) is 0 Å². The molecule has 4 heteroatoms. The zero-order valence-corrected chi connectivity index (χ0v) is 5.50. The topological polar surface area (TPSA) is 66.2 Å². The van der Waals surface area contributed by atoms with E-state index in [0.29, 0.717) is 10.9 Å². The van der Waals surface area contributed by atoms with E-state index in [1.807, 2.05) is 0 Å². The molecule has 0 aliphatic heterocycles. The molecule has 0 spiro atoms. The number of H-pyrrole nitrogens is 1. The van der Waals surface area contributed by atoms with Gasteiger partial charge in [-0.3, -0.25) is 0 Å². The van der Waals surface area contributed by atoms with Gasteiger partial charge in [-0.05, 0) is 12.1 Å². The average Bonchev–Trinajstić information content (AvgIpc) is 2.32. The molecule has 1 aromatic carbocycles. The number of aromatic amines is 1. The highest BCUT2D eigenvalue weighted by molar-refractivity contribution is 5.78. The van der Waals surface area contributed by atoms with Crippen molar-refractivity contribution in [3.05, 3.63) is 28.6 Å². The summed E-state index contributed by atoms with van der Waals surface area (Å²) < 4.78 is 4.48. The van der Waals surface area contributed by atoms with Gasteiger partial charge < -0.3 is 9.63 Å². The minimum atomic E-state index is -0.417. The molecule has 56 valence electrons. The maximum absolute atomic E-state index is 10.8. The first-order valence-corrected chi connectivity index (χ1v) is 3.07. The van der Waals surface area contributed by atoms with Crippen LogP contribution in [-0.4, -0.2) is 10.3 Å². The maximum atomic E-state index is 10.8. The molecule has 2 N–H and O–H groups in total. The Morgan fingerprint density at radius 3 is 3.09 bits per heavy atom. The van der Waals surface area contributed by atoms with Gasteiger partial charge in [0.05, 0.1) is 10.9 Å². The summed E-state index contributed by atoms with van der Waals surface area (Å²) in [5, 5.41) is 11.8. The molecule has 0 radical (unpaired) electrons. The second-order valence-electron chi connectivity index (χ2n) is 2.22. The third-order valence-electron chi connectivity index (χ3n) is 1.48. The van der Waals surface area contributed by atoms with Crippen molar-refractivity contribution in [2.75, 3.05) is 0 Å². The number of aromatic nitrogens is 1. The molecule has 4 nitrogen and oxygen atoms in total. The summed E-state index contributed by atoms with van der Waals surface area (Å²) in [6, 6.07) is 4.38. The van der Waals surface area contributed by atoms with E-state index in [4.69, 9.17) is 5.11 Å². The highest BCUT2D eigenvalue weighted by atomic mass is 16.5. The lowest BCUT2D eigenvalue weighted by atomic mass is 10.2. The van der Waals surface area contributed by atoms with Crippen LogP contribution in [0.5, 0.6) is 5.75 Å². The molecule has 2 aromatic rings. The highest BCUT2D eigenvalue weighted by Crippen LogP contribution is 2.14. The van der Waals surface area contributed by atoms with E-state index in [2.05, 4.69) is 9.68 Å². The number of rotatable bonds is 0. The Hall–Kier alpha value is -1.71. The fourth-order valence-corrected chi connectivity index (χ4v) is 0.951. The summed E-state index contributed by atoms with van der Waals surface area (Å²) in [4.78, 5) is 10.8. The fraction of sp³-hybridized carbons (Fsp3) is 0. The number of fused-ring (bicyclic) bond motifs is 1. The molecule has 0 amide bonds. The zero-order valence-electron chi connectivity index (χ0n) is 5.50. The van der Waals surface area contributed by atoms with Gasteiger partial charge in [-0.2, -0.15) is 0 Å². The zero-order chi connectivity index (χ0) is 7.84. The van der Waals surface area contributed by atoms with Gasteiger partial charge in [0, 0.05) is 6.07 Å². The van der Waals surface area contributed by atoms with Crippen molar-refractivity contribution in [2.24, 2.45) is 0 Å². The molecule has 0 aliphatic carbocycles. The van der Waals surface area contributed by atoms with Crippen LogP contribution in [0, 0.1) is 0 Å². The molecule has 0 bridgehead atoms. The molecule has 0 unspecified atom stereocenters. The predicted molar refractivity (Wildman–Crippen MR) is 38.5 cm³/mol. The van der Waals surface area contributed by atoms with Crippen molar-refractivity contribution in [2.45, 2.75) is 0 Å². The smallest absolute Gasteiger partial charge is 0.365 e. The number of nitrogens with one attached hydrogen (secondary N) is 1. The second kappa shape index (κ2) is 1.88. The lowest BCUT2D eigenvalue weighted by molar-refractivity contribution is 0.399. The maximum Gasteiger partial charge on any atom is 0.365 e. The predicted octanol–water partition coefficient (Wildman–Crippen LogP) is 0.827. The minimum absolute atomic E-state index is 0.106. The summed E-state index contributed by atoms with van der Waals surface area (Å²) in [6.45, 7) is 0. The van der Waals surface area contributed by atoms with Gasteiger partial charge >= 0.3 is 5.63 Å².